The first-order chi connectivity index (χ1) is 10.2. The van der Waals surface area contributed by atoms with E-state index in [1.54, 1.807) is 15.5 Å². The number of likely N-dealkylation sites (tertiary alicyclic amines) is 1. The number of ether oxygens (including phenoxy) is 1. The zero-order valence-corrected chi connectivity index (χ0v) is 13.2. The van der Waals surface area contributed by atoms with E-state index < -0.39 is 5.60 Å². The van der Waals surface area contributed by atoms with Crippen molar-refractivity contribution in [3.05, 3.63) is 28.2 Å². The molecule has 1 aromatic rings. The Balaban J connectivity index is 1.85. The van der Waals surface area contributed by atoms with Gasteiger partial charge in [-0.25, -0.2) is 4.79 Å². The summed E-state index contributed by atoms with van der Waals surface area (Å²) in [6, 6.07) is 2.89. The number of carbonyl (C=O) groups excluding carboxylic acids is 1. The van der Waals surface area contributed by atoms with Crippen molar-refractivity contribution in [1.29, 1.82) is 0 Å². The lowest BCUT2D eigenvalue weighted by Crippen LogP contribution is -2.50. The Morgan fingerprint density at radius 1 is 1.27 bits per heavy atom. The molecule has 6 heteroatoms. The third-order valence-electron chi connectivity index (χ3n) is 4.19. The molecule has 0 aromatic carbocycles. The number of hydrogen-bond acceptors (Lipinski definition) is 4. The standard InChI is InChI=1S/C16H22N2O4/c1-16(2,3)22-15(21)17-7-10-4-11(9-17)13-5-12(19)6-14(20)18(13)8-10/h5-6,10-11,19H,4,7-9H2,1-3H3/t10-,11-/m1/s1. The van der Waals surface area contributed by atoms with Crippen LogP contribution >= 0.6 is 0 Å². The quantitative estimate of drug-likeness (QED) is 0.795. The first-order valence-corrected chi connectivity index (χ1v) is 7.64. The highest BCUT2D eigenvalue weighted by molar-refractivity contribution is 5.68. The molecule has 3 heterocycles. The van der Waals surface area contributed by atoms with E-state index >= 15 is 0 Å². The minimum absolute atomic E-state index is 0.0101. The lowest BCUT2D eigenvalue weighted by molar-refractivity contribution is 0.0102. The van der Waals surface area contributed by atoms with Crippen LogP contribution in [-0.4, -0.2) is 39.4 Å². The van der Waals surface area contributed by atoms with Gasteiger partial charge in [0.2, 0.25) is 0 Å². The van der Waals surface area contributed by atoms with Crippen molar-refractivity contribution in [2.24, 2.45) is 5.92 Å². The molecule has 2 aliphatic rings. The second-order valence-electron chi connectivity index (χ2n) is 7.27. The van der Waals surface area contributed by atoms with E-state index in [4.69, 9.17) is 4.74 Å². The van der Waals surface area contributed by atoms with Gasteiger partial charge in [0.25, 0.3) is 5.56 Å². The van der Waals surface area contributed by atoms with Crippen LogP contribution in [0.4, 0.5) is 4.79 Å². The van der Waals surface area contributed by atoms with Gasteiger partial charge < -0.3 is 19.3 Å². The molecule has 2 atom stereocenters. The van der Waals surface area contributed by atoms with Gasteiger partial charge in [-0.05, 0) is 33.1 Å². The second kappa shape index (κ2) is 5.04. The highest BCUT2D eigenvalue weighted by Crippen LogP contribution is 2.36. The molecule has 3 rings (SSSR count). The summed E-state index contributed by atoms with van der Waals surface area (Å²) in [5.74, 6) is 0.310. The van der Waals surface area contributed by atoms with E-state index in [1.807, 2.05) is 20.8 Å². The number of hydrogen-bond donors (Lipinski definition) is 1. The molecule has 0 radical (unpaired) electrons. The van der Waals surface area contributed by atoms with Crippen molar-refractivity contribution >= 4 is 6.09 Å². The molecule has 1 N–H and O–H groups in total. The molecule has 1 aromatic heterocycles. The van der Waals surface area contributed by atoms with Crippen molar-refractivity contribution in [2.75, 3.05) is 13.1 Å². The highest BCUT2D eigenvalue weighted by Gasteiger charge is 2.37. The minimum atomic E-state index is -0.517. The van der Waals surface area contributed by atoms with Crippen LogP contribution in [0.15, 0.2) is 16.9 Å². The monoisotopic (exact) mass is 306 g/mol. The Hall–Kier alpha value is -1.98. The maximum absolute atomic E-state index is 12.3. The smallest absolute Gasteiger partial charge is 0.410 e. The summed E-state index contributed by atoms with van der Waals surface area (Å²) in [4.78, 5) is 26.0. The average Bonchev–Trinajstić information content (AvgIpc) is 2.38. The molecule has 0 spiro atoms. The van der Waals surface area contributed by atoms with Crippen LogP contribution in [0.2, 0.25) is 0 Å². The van der Waals surface area contributed by atoms with Crippen LogP contribution in [0.5, 0.6) is 5.75 Å². The van der Waals surface area contributed by atoms with Gasteiger partial charge in [0.05, 0.1) is 0 Å². The van der Waals surface area contributed by atoms with Crippen molar-refractivity contribution < 1.29 is 14.6 Å². The summed E-state index contributed by atoms with van der Waals surface area (Å²) < 4.78 is 7.17. The first kappa shape index (κ1) is 14.9. The van der Waals surface area contributed by atoms with E-state index in [-0.39, 0.29) is 29.2 Å². The van der Waals surface area contributed by atoms with Crippen LogP contribution < -0.4 is 5.56 Å². The Morgan fingerprint density at radius 3 is 2.68 bits per heavy atom. The summed E-state index contributed by atoms with van der Waals surface area (Å²) in [6.07, 6.45) is 0.625. The predicted molar refractivity (Wildman–Crippen MR) is 81.0 cm³/mol. The van der Waals surface area contributed by atoms with E-state index in [1.165, 1.54) is 6.07 Å². The third-order valence-corrected chi connectivity index (χ3v) is 4.19. The summed E-state index contributed by atoms with van der Waals surface area (Å²) >= 11 is 0. The largest absolute Gasteiger partial charge is 0.508 e. The van der Waals surface area contributed by atoms with Crippen LogP contribution in [0, 0.1) is 5.92 Å². The fourth-order valence-electron chi connectivity index (χ4n) is 3.42. The van der Waals surface area contributed by atoms with Crippen LogP contribution in [0.3, 0.4) is 0 Å². The molecule has 0 saturated carbocycles. The number of aromatic nitrogens is 1. The molecule has 0 unspecified atom stereocenters. The second-order valence-corrected chi connectivity index (χ2v) is 7.27. The maximum Gasteiger partial charge on any atom is 0.410 e. The summed E-state index contributed by atoms with van der Waals surface area (Å²) in [6.45, 7) is 7.27. The molecular weight excluding hydrogens is 284 g/mol. The lowest BCUT2D eigenvalue weighted by Gasteiger charge is -2.42. The van der Waals surface area contributed by atoms with Crippen LogP contribution in [0.25, 0.3) is 0 Å². The van der Waals surface area contributed by atoms with Gasteiger partial charge in [0, 0.05) is 43.4 Å². The fourth-order valence-corrected chi connectivity index (χ4v) is 3.42. The normalized spacial score (nSPS) is 23.9. The topological polar surface area (TPSA) is 71.8 Å². The molecule has 2 aliphatic heterocycles. The zero-order valence-electron chi connectivity index (χ0n) is 13.2. The number of nitrogens with zero attached hydrogens (tertiary/aromatic N) is 2. The van der Waals surface area contributed by atoms with Crippen molar-refractivity contribution in [1.82, 2.24) is 9.47 Å². The molecule has 1 saturated heterocycles. The highest BCUT2D eigenvalue weighted by atomic mass is 16.6. The van der Waals surface area contributed by atoms with Crippen molar-refractivity contribution in [3.63, 3.8) is 0 Å². The van der Waals surface area contributed by atoms with Crippen molar-refractivity contribution in [2.45, 2.75) is 45.3 Å². The van der Waals surface area contributed by atoms with E-state index in [9.17, 15) is 14.7 Å². The third kappa shape index (κ3) is 2.82. The molecule has 2 bridgehead atoms. The van der Waals surface area contributed by atoms with Gasteiger partial charge >= 0.3 is 6.09 Å². The molecule has 6 nitrogen and oxygen atoms in total. The molecular formula is C16H22N2O4. The first-order valence-electron chi connectivity index (χ1n) is 7.64. The van der Waals surface area contributed by atoms with Crippen LogP contribution in [0.1, 0.15) is 38.8 Å². The van der Waals surface area contributed by atoms with E-state index in [0.717, 1.165) is 12.1 Å². The van der Waals surface area contributed by atoms with E-state index in [2.05, 4.69) is 0 Å². The van der Waals surface area contributed by atoms with Gasteiger partial charge in [0.15, 0.2) is 0 Å². The minimum Gasteiger partial charge on any atom is -0.508 e. The number of piperidine rings is 1. The molecule has 120 valence electrons. The van der Waals surface area contributed by atoms with Crippen molar-refractivity contribution in [3.8, 4) is 5.75 Å². The lowest BCUT2D eigenvalue weighted by atomic mass is 9.83. The predicted octanol–water partition coefficient (Wildman–Crippen LogP) is 1.91. The summed E-state index contributed by atoms with van der Waals surface area (Å²) in [5.41, 5.74) is 0.126. The Morgan fingerprint density at radius 2 is 2.00 bits per heavy atom. The SMILES string of the molecule is CC(C)(C)OC(=O)N1C[C@H]2C[C@H](C1)c1cc(O)cc(=O)n1C2. The summed E-state index contributed by atoms with van der Waals surface area (Å²) in [5, 5.41) is 9.68. The van der Waals surface area contributed by atoms with E-state index in [0.29, 0.717) is 19.6 Å². The summed E-state index contributed by atoms with van der Waals surface area (Å²) in [7, 11) is 0. The van der Waals surface area contributed by atoms with Gasteiger partial charge in [-0.1, -0.05) is 0 Å². The maximum atomic E-state index is 12.3. The van der Waals surface area contributed by atoms with Gasteiger partial charge in [-0.3, -0.25) is 4.79 Å². The Kier molecular flexibility index (Phi) is 3.42. The van der Waals surface area contributed by atoms with Gasteiger partial charge in [-0.2, -0.15) is 0 Å². The fraction of sp³-hybridized carbons (Fsp3) is 0.625. The number of amides is 1. The zero-order chi connectivity index (χ0) is 16.1. The molecule has 1 fully saturated rings. The Labute approximate surface area is 129 Å². The Bertz CT molecular complexity index is 659. The number of carbonyl (C=O) groups is 1. The number of aromatic hydroxyl groups is 1. The molecule has 22 heavy (non-hydrogen) atoms. The molecule has 0 aliphatic carbocycles. The average molecular weight is 306 g/mol. The molecule has 1 amide bonds. The number of fused-ring (bicyclic) bond motifs is 4. The van der Waals surface area contributed by atoms with Gasteiger partial charge in [0.1, 0.15) is 11.4 Å². The number of rotatable bonds is 0. The van der Waals surface area contributed by atoms with Crippen LogP contribution in [-0.2, 0) is 11.3 Å². The van der Waals surface area contributed by atoms with Gasteiger partial charge in [-0.15, -0.1) is 0 Å². The number of pyridine rings is 1.